The maximum Gasteiger partial charge on any atom is 0.160 e. The van der Waals surface area contributed by atoms with Gasteiger partial charge < -0.3 is 19.3 Å². The monoisotopic (exact) mass is 280 g/mol. The van der Waals surface area contributed by atoms with Crippen molar-refractivity contribution in [3.63, 3.8) is 0 Å². The third-order valence-corrected chi connectivity index (χ3v) is 3.02. The summed E-state index contributed by atoms with van der Waals surface area (Å²) in [6.07, 6.45) is 2.95. The molecular weight excluding hydrogens is 256 g/mol. The highest BCUT2D eigenvalue weighted by Crippen LogP contribution is 2.08. The number of aliphatic hydroxyl groups excluding tert-OH is 1. The molecule has 0 aliphatic heterocycles. The minimum absolute atomic E-state index is 0.269. The molecule has 0 saturated heterocycles. The minimum Gasteiger partial charge on any atom is -0.386 e. The van der Waals surface area contributed by atoms with Crippen molar-refractivity contribution in [1.29, 1.82) is 0 Å². The SMILES string of the molecule is COC(C/C=C/[C@@H](O)[C@H](C)OCc1ccccc1)OC. The first-order valence-corrected chi connectivity index (χ1v) is 6.73. The van der Waals surface area contributed by atoms with E-state index in [4.69, 9.17) is 14.2 Å². The highest BCUT2D eigenvalue weighted by molar-refractivity contribution is 5.13. The molecule has 0 aromatic heterocycles. The fraction of sp³-hybridized carbons (Fsp3) is 0.500. The lowest BCUT2D eigenvalue weighted by atomic mass is 10.2. The fourth-order valence-corrected chi connectivity index (χ4v) is 1.67. The van der Waals surface area contributed by atoms with Crippen LogP contribution >= 0.6 is 0 Å². The van der Waals surface area contributed by atoms with Crippen LogP contribution in [0.5, 0.6) is 0 Å². The van der Waals surface area contributed by atoms with Crippen molar-refractivity contribution in [2.75, 3.05) is 14.2 Å². The molecule has 1 rings (SSSR count). The quantitative estimate of drug-likeness (QED) is 0.558. The average Bonchev–Trinajstić information content (AvgIpc) is 2.50. The smallest absolute Gasteiger partial charge is 0.160 e. The van der Waals surface area contributed by atoms with Gasteiger partial charge in [0.2, 0.25) is 0 Å². The van der Waals surface area contributed by atoms with Crippen LogP contribution in [0.3, 0.4) is 0 Å². The second-order valence-corrected chi connectivity index (χ2v) is 4.56. The average molecular weight is 280 g/mol. The number of rotatable bonds is 9. The van der Waals surface area contributed by atoms with Gasteiger partial charge in [0.15, 0.2) is 6.29 Å². The van der Waals surface area contributed by atoms with Crippen LogP contribution in [0.4, 0.5) is 0 Å². The van der Waals surface area contributed by atoms with Crippen LogP contribution in [0.1, 0.15) is 18.9 Å². The summed E-state index contributed by atoms with van der Waals surface area (Å²) in [5.41, 5.74) is 1.09. The van der Waals surface area contributed by atoms with E-state index in [2.05, 4.69) is 0 Å². The van der Waals surface area contributed by atoms with Crippen LogP contribution in [0.15, 0.2) is 42.5 Å². The molecule has 0 amide bonds. The second-order valence-electron chi connectivity index (χ2n) is 4.56. The lowest BCUT2D eigenvalue weighted by molar-refractivity contribution is -0.0988. The van der Waals surface area contributed by atoms with Gasteiger partial charge >= 0.3 is 0 Å². The molecule has 0 spiro atoms. The van der Waals surface area contributed by atoms with E-state index < -0.39 is 6.10 Å². The largest absolute Gasteiger partial charge is 0.386 e. The number of hydrogen-bond acceptors (Lipinski definition) is 4. The standard InChI is InChI=1S/C16H24O4/c1-13(20-12-14-8-5-4-6-9-14)15(17)10-7-11-16(18-2)19-3/h4-10,13,15-17H,11-12H2,1-3H3/b10-7+/t13-,15+/m0/s1. The summed E-state index contributed by atoms with van der Waals surface area (Å²) in [6, 6.07) is 9.89. The molecule has 1 aromatic carbocycles. The van der Waals surface area contributed by atoms with Gasteiger partial charge in [-0.1, -0.05) is 42.5 Å². The second kappa shape index (κ2) is 9.66. The predicted molar refractivity (Wildman–Crippen MR) is 78.3 cm³/mol. The lowest BCUT2D eigenvalue weighted by Crippen LogP contribution is -2.24. The van der Waals surface area contributed by atoms with E-state index >= 15 is 0 Å². The van der Waals surface area contributed by atoms with Crippen LogP contribution in [-0.2, 0) is 20.8 Å². The predicted octanol–water partition coefficient (Wildman–Crippen LogP) is 2.52. The molecule has 1 N–H and O–H groups in total. The Morgan fingerprint density at radius 3 is 2.40 bits per heavy atom. The van der Waals surface area contributed by atoms with E-state index in [0.717, 1.165) is 5.56 Å². The fourth-order valence-electron chi connectivity index (χ4n) is 1.67. The van der Waals surface area contributed by atoms with Gasteiger partial charge in [0.1, 0.15) is 0 Å². The van der Waals surface area contributed by atoms with Crippen LogP contribution in [0.25, 0.3) is 0 Å². The molecule has 0 aliphatic carbocycles. The highest BCUT2D eigenvalue weighted by atomic mass is 16.7. The van der Waals surface area contributed by atoms with Crippen molar-refractivity contribution in [3.8, 4) is 0 Å². The summed E-state index contributed by atoms with van der Waals surface area (Å²) in [5, 5.41) is 9.96. The Bertz CT molecular complexity index is 373. The summed E-state index contributed by atoms with van der Waals surface area (Å²) in [5.74, 6) is 0. The molecule has 0 fully saturated rings. The van der Waals surface area contributed by atoms with Gasteiger partial charge in [-0.25, -0.2) is 0 Å². The Hall–Kier alpha value is -1.20. The molecule has 4 heteroatoms. The van der Waals surface area contributed by atoms with E-state index in [1.54, 1.807) is 20.3 Å². The van der Waals surface area contributed by atoms with Crippen LogP contribution in [0, 0.1) is 0 Å². The zero-order valence-electron chi connectivity index (χ0n) is 12.4. The van der Waals surface area contributed by atoms with Crippen molar-refractivity contribution >= 4 is 0 Å². The summed E-state index contributed by atoms with van der Waals surface area (Å²) in [6.45, 7) is 2.34. The molecule has 0 bridgehead atoms. The maximum atomic E-state index is 9.96. The first kappa shape index (κ1) is 16.9. The summed E-state index contributed by atoms with van der Waals surface area (Å²) in [4.78, 5) is 0. The van der Waals surface area contributed by atoms with Crippen LogP contribution in [0.2, 0.25) is 0 Å². The van der Waals surface area contributed by atoms with Gasteiger partial charge in [0.25, 0.3) is 0 Å². The molecule has 0 unspecified atom stereocenters. The zero-order valence-corrected chi connectivity index (χ0v) is 12.4. The zero-order chi connectivity index (χ0) is 14.8. The highest BCUT2D eigenvalue weighted by Gasteiger charge is 2.11. The number of ether oxygens (including phenoxy) is 3. The van der Waals surface area contributed by atoms with Crippen LogP contribution < -0.4 is 0 Å². The molecule has 0 heterocycles. The molecule has 112 valence electrons. The maximum absolute atomic E-state index is 9.96. The number of aliphatic hydroxyl groups is 1. The van der Waals surface area contributed by atoms with Gasteiger partial charge in [-0.15, -0.1) is 0 Å². The topological polar surface area (TPSA) is 47.9 Å². The Balaban J connectivity index is 2.31. The van der Waals surface area contributed by atoms with Gasteiger partial charge in [0.05, 0.1) is 18.8 Å². The van der Waals surface area contributed by atoms with Crippen molar-refractivity contribution in [1.82, 2.24) is 0 Å². The van der Waals surface area contributed by atoms with Crippen molar-refractivity contribution in [2.24, 2.45) is 0 Å². The van der Waals surface area contributed by atoms with Gasteiger partial charge in [0, 0.05) is 20.6 Å². The molecule has 0 radical (unpaired) electrons. The van der Waals surface area contributed by atoms with Crippen molar-refractivity contribution in [2.45, 2.75) is 38.4 Å². The third kappa shape index (κ3) is 6.30. The number of hydrogen-bond donors (Lipinski definition) is 1. The normalized spacial score (nSPS) is 14.8. The number of benzene rings is 1. The molecule has 0 aliphatic rings. The summed E-state index contributed by atoms with van der Waals surface area (Å²) in [7, 11) is 3.17. The molecule has 4 nitrogen and oxygen atoms in total. The minimum atomic E-state index is -0.645. The van der Waals surface area contributed by atoms with Gasteiger partial charge in [-0.3, -0.25) is 0 Å². The molecular formula is C16H24O4. The first-order chi connectivity index (χ1) is 9.67. The molecule has 2 atom stereocenters. The van der Waals surface area contributed by atoms with Crippen molar-refractivity contribution < 1.29 is 19.3 Å². The van der Waals surface area contributed by atoms with E-state index in [9.17, 15) is 5.11 Å². The Morgan fingerprint density at radius 1 is 1.15 bits per heavy atom. The van der Waals surface area contributed by atoms with E-state index in [-0.39, 0.29) is 12.4 Å². The molecule has 1 aromatic rings. The van der Waals surface area contributed by atoms with E-state index in [1.165, 1.54) is 0 Å². The Morgan fingerprint density at radius 2 is 1.80 bits per heavy atom. The molecule has 0 saturated carbocycles. The van der Waals surface area contributed by atoms with Gasteiger partial charge in [-0.05, 0) is 12.5 Å². The Labute approximate surface area is 121 Å². The third-order valence-electron chi connectivity index (χ3n) is 3.02. The number of methoxy groups -OCH3 is 2. The first-order valence-electron chi connectivity index (χ1n) is 6.73. The van der Waals surface area contributed by atoms with Crippen molar-refractivity contribution in [3.05, 3.63) is 48.0 Å². The van der Waals surface area contributed by atoms with E-state index in [0.29, 0.717) is 13.0 Å². The van der Waals surface area contributed by atoms with Crippen LogP contribution in [-0.4, -0.2) is 37.8 Å². The Kier molecular flexibility index (Phi) is 8.14. The van der Waals surface area contributed by atoms with E-state index in [1.807, 2.05) is 43.3 Å². The summed E-state index contributed by atoms with van der Waals surface area (Å²) >= 11 is 0. The van der Waals surface area contributed by atoms with Gasteiger partial charge in [-0.2, -0.15) is 0 Å². The molecule has 20 heavy (non-hydrogen) atoms. The lowest BCUT2D eigenvalue weighted by Gasteiger charge is -2.17. The summed E-state index contributed by atoms with van der Waals surface area (Å²) < 4.78 is 15.8.